The van der Waals surface area contributed by atoms with Crippen LogP contribution in [-0.4, -0.2) is 17.0 Å². The van der Waals surface area contributed by atoms with Crippen LogP contribution in [-0.2, 0) is 4.74 Å². The Balaban J connectivity index is 2.22. The summed E-state index contributed by atoms with van der Waals surface area (Å²) in [4.78, 5) is 0. The number of rotatable bonds is 2. The smallest absolute Gasteiger partial charge is 0.183 e. The molecule has 0 amide bonds. The number of hydrogen-bond donors (Lipinski definition) is 1. The zero-order valence-corrected chi connectivity index (χ0v) is 12.6. The van der Waals surface area contributed by atoms with Gasteiger partial charge in [0, 0.05) is 5.57 Å². The van der Waals surface area contributed by atoms with Crippen molar-refractivity contribution in [2.24, 2.45) is 0 Å². The number of aryl methyl sites for hydroxylation is 1. The van der Waals surface area contributed by atoms with Crippen LogP contribution in [0.4, 0.5) is 0 Å². The zero-order chi connectivity index (χ0) is 15.0. The summed E-state index contributed by atoms with van der Waals surface area (Å²) in [5, 5.41) is 10.4. The first-order valence-corrected chi connectivity index (χ1v) is 7.22. The van der Waals surface area contributed by atoms with E-state index in [1.165, 1.54) is 5.56 Å². The van der Waals surface area contributed by atoms with Crippen LogP contribution in [0.1, 0.15) is 30.5 Å². The summed E-state index contributed by atoms with van der Waals surface area (Å²) >= 11 is 0. The summed E-state index contributed by atoms with van der Waals surface area (Å²) in [5.74, 6) is 0. The molecule has 0 bridgehead atoms. The number of benzene rings is 2. The fourth-order valence-electron chi connectivity index (χ4n) is 2.97. The van der Waals surface area contributed by atoms with E-state index in [9.17, 15) is 5.11 Å². The van der Waals surface area contributed by atoms with E-state index in [2.05, 4.69) is 31.2 Å². The molecular formula is C19H20O2. The Bertz CT molecular complexity index is 666. The van der Waals surface area contributed by atoms with E-state index in [1.54, 1.807) is 0 Å². The Morgan fingerprint density at radius 3 is 2.14 bits per heavy atom. The van der Waals surface area contributed by atoms with Gasteiger partial charge in [-0.05, 0) is 37.5 Å². The summed E-state index contributed by atoms with van der Waals surface area (Å²) in [6.07, 6.45) is -0.890. The lowest BCUT2D eigenvalue weighted by atomic mass is 9.86. The maximum absolute atomic E-state index is 10.4. The summed E-state index contributed by atoms with van der Waals surface area (Å²) in [6.45, 7) is 6.07. The highest BCUT2D eigenvalue weighted by molar-refractivity contribution is 5.97. The minimum atomic E-state index is -0.890. The average molecular weight is 280 g/mol. The Morgan fingerprint density at radius 2 is 1.52 bits per heavy atom. The van der Waals surface area contributed by atoms with E-state index >= 15 is 0 Å². The van der Waals surface area contributed by atoms with Gasteiger partial charge in [-0.15, -0.1) is 0 Å². The maximum Gasteiger partial charge on any atom is 0.183 e. The molecule has 2 heteroatoms. The lowest BCUT2D eigenvalue weighted by Crippen LogP contribution is -2.24. The third kappa shape index (κ3) is 2.53. The first kappa shape index (κ1) is 14.1. The van der Waals surface area contributed by atoms with Gasteiger partial charge in [0.1, 0.15) is 0 Å². The monoisotopic (exact) mass is 280 g/mol. The second-order valence-electron chi connectivity index (χ2n) is 6.00. The van der Waals surface area contributed by atoms with Gasteiger partial charge in [-0.1, -0.05) is 60.2 Å². The molecule has 1 aliphatic heterocycles. The molecule has 21 heavy (non-hydrogen) atoms. The zero-order valence-electron chi connectivity index (χ0n) is 12.6. The van der Waals surface area contributed by atoms with E-state index in [1.807, 2.05) is 44.2 Å². The van der Waals surface area contributed by atoms with Crippen molar-refractivity contribution in [2.75, 3.05) is 0 Å². The highest BCUT2D eigenvalue weighted by Crippen LogP contribution is 2.45. The minimum Gasteiger partial charge on any atom is -0.364 e. The molecule has 3 rings (SSSR count). The Morgan fingerprint density at radius 1 is 0.905 bits per heavy atom. The van der Waals surface area contributed by atoms with E-state index in [0.717, 1.165) is 22.3 Å². The summed E-state index contributed by atoms with van der Waals surface area (Å²) in [6, 6.07) is 18.3. The predicted octanol–water partition coefficient (Wildman–Crippen LogP) is 4.03. The second kappa shape index (κ2) is 5.14. The van der Waals surface area contributed by atoms with Crippen LogP contribution in [0.2, 0.25) is 0 Å². The summed E-state index contributed by atoms with van der Waals surface area (Å²) in [5.41, 5.74) is 4.73. The molecule has 2 nitrogen and oxygen atoms in total. The fourth-order valence-corrected chi connectivity index (χ4v) is 2.97. The lowest BCUT2D eigenvalue weighted by Gasteiger charge is -2.22. The third-order valence-electron chi connectivity index (χ3n) is 3.95. The Hall–Kier alpha value is -1.90. The molecular weight excluding hydrogens is 260 g/mol. The highest BCUT2D eigenvalue weighted by atomic mass is 16.6. The molecule has 0 radical (unpaired) electrons. The van der Waals surface area contributed by atoms with Crippen LogP contribution in [0, 0.1) is 6.92 Å². The van der Waals surface area contributed by atoms with Gasteiger partial charge in [0.15, 0.2) is 6.29 Å². The van der Waals surface area contributed by atoms with Crippen molar-refractivity contribution in [1.29, 1.82) is 0 Å². The molecule has 0 fully saturated rings. The van der Waals surface area contributed by atoms with Crippen molar-refractivity contribution in [3.05, 3.63) is 71.3 Å². The van der Waals surface area contributed by atoms with Crippen LogP contribution < -0.4 is 0 Å². The van der Waals surface area contributed by atoms with Gasteiger partial charge in [0.05, 0.1) is 5.60 Å². The molecule has 1 unspecified atom stereocenters. The standard InChI is InChI=1S/C19H20O2/c1-13-9-11-15(12-10-13)17-16(14-7-5-4-6-8-14)18(20)21-19(17,2)3/h4-12,18,20H,1-3H3. The fraction of sp³-hybridized carbons (Fsp3) is 0.263. The SMILES string of the molecule is Cc1ccc(C2=C(c3ccccc3)C(O)OC2(C)C)cc1. The van der Waals surface area contributed by atoms with Gasteiger partial charge < -0.3 is 9.84 Å². The molecule has 1 N–H and O–H groups in total. The molecule has 0 saturated heterocycles. The van der Waals surface area contributed by atoms with Crippen molar-refractivity contribution in [2.45, 2.75) is 32.7 Å². The van der Waals surface area contributed by atoms with E-state index in [4.69, 9.17) is 4.74 Å². The molecule has 2 aromatic carbocycles. The molecule has 2 aromatic rings. The van der Waals surface area contributed by atoms with Crippen LogP contribution in [0.15, 0.2) is 54.6 Å². The lowest BCUT2D eigenvalue weighted by molar-refractivity contribution is -0.101. The van der Waals surface area contributed by atoms with Gasteiger partial charge in [0.2, 0.25) is 0 Å². The Labute approximate surface area is 125 Å². The first-order valence-electron chi connectivity index (χ1n) is 7.22. The molecule has 0 aromatic heterocycles. The van der Waals surface area contributed by atoms with Crippen molar-refractivity contribution in [3.63, 3.8) is 0 Å². The number of aliphatic hydroxyl groups excluding tert-OH is 1. The third-order valence-corrected chi connectivity index (χ3v) is 3.95. The minimum absolute atomic E-state index is 0.514. The predicted molar refractivity (Wildman–Crippen MR) is 85.6 cm³/mol. The summed E-state index contributed by atoms with van der Waals surface area (Å²) in [7, 11) is 0. The van der Waals surface area contributed by atoms with Gasteiger partial charge in [0.25, 0.3) is 0 Å². The van der Waals surface area contributed by atoms with Crippen molar-refractivity contribution >= 4 is 11.1 Å². The van der Waals surface area contributed by atoms with E-state index in [0.29, 0.717) is 0 Å². The van der Waals surface area contributed by atoms with E-state index < -0.39 is 11.9 Å². The summed E-state index contributed by atoms with van der Waals surface area (Å²) < 4.78 is 5.79. The molecule has 1 atom stereocenters. The van der Waals surface area contributed by atoms with Crippen molar-refractivity contribution < 1.29 is 9.84 Å². The van der Waals surface area contributed by atoms with Crippen LogP contribution in [0.3, 0.4) is 0 Å². The van der Waals surface area contributed by atoms with E-state index in [-0.39, 0.29) is 0 Å². The largest absolute Gasteiger partial charge is 0.364 e. The van der Waals surface area contributed by atoms with Gasteiger partial charge >= 0.3 is 0 Å². The van der Waals surface area contributed by atoms with Crippen LogP contribution in [0.25, 0.3) is 11.1 Å². The average Bonchev–Trinajstić information content (AvgIpc) is 2.70. The van der Waals surface area contributed by atoms with Crippen molar-refractivity contribution in [1.82, 2.24) is 0 Å². The molecule has 0 spiro atoms. The van der Waals surface area contributed by atoms with Crippen LogP contribution in [0.5, 0.6) is 0 Å². The number of hydrogen-bond acceptors (Lipinski definition) is 2. The normalized spacial score (nSPS) is 20.9. The highest BCUT2D eigenvalue weighted by Gasteiger charge is 2.40. The van der Waals surface area contributed by atoms with Crippen molar-refractivity contribution in [3.8, 4) is 0 Å². The molecule has 0 saturated carbocycles. The van der Waals surface area contributed by atoms with Gasteiger partial charge in [-0.3, -0.25) is 0 Å². The number of ether oxygens (including phenoxy) is 1. The molecule has 108 valence electrons. The number of aliphatic hydroxyl groups is 1. The maximum atomic E-state index is 10.4. The van der Waals surface area contributed by atoms with Gasteiger partial charge in [-0.25, -0.2) is 0 Å². The topological polar surface area (TPSA) is 29.5 Å². The molecule has 1 heterocycles. The first-order chi connectivity index (χ1) is 9.99. The molecule has 0 aliphatic carbocycles. The van der Waals surface area contributed by atoms with Gasteiger partial charge in [-0.2, -0.15) is 0 Å². The second-order valence-corrected chi connectivity index (χ2v) is 6.00. The van der Waals surface area contributed by atoms with Crippen LogP contribution >= 0.6 is 0 Å². The quantitative estimate of drug-likeness (QED) is 0.900. The Kier molecular flexibility index (Phi) is 3.44. The molecule has 1 aliphatic rings.